The summed E-state index contributed by atoms with van der Waals surface area (Å²) in [6.07, 6.45) is 1.90. The number of nitrogens with zero attached hydrogens (tertiary/aromatic N) is 5. The third kappa shape index (κ3) is 3.97. The van der Waals surface area contributed by atoms with Gasteiger partial charge >= 0.3 is 6.03 Å². The molecule has 1 fully saturated rings. The highest BCUT2D eigenvalue weighted by molar-refractivity contribution is 5.74. The number of piperidine rings is 1. The zero-order chi connectivity index (χ0) is 18.5. The van der Waals surface area contributed by atoms with Gasteiger partial charge in [-0.05, 0) is 41.0 Å². The second kappa shape index (κ2) is 7.99. The molecule has 1 aliphatic heterocycles. The van der Waals surface area contributed by atoms with E-state index in [0.717, 1.165) is 36.5 Å². The summed E-state index contributed by atoms with van der Waals surface area (Å²) in [5, 5.41) is 15.3. The SMILES string of the molecule is O=C(NCc1ccccc1)N1CCCC(c2nnnn2-c2ccccc2)C1. The molecule has 0 aliphatic carbocycles. The van der Waals surface area contributed by atoms with Crippen LogP contribution in [0.3, 0.4) is 0 Å². The molecule has 1 aliphatic rings. The molecule has 1 saturated heterocycles. The normalized spacial score (nSPS) is 16.9. The molecule has 4 rings (SSSR count). The van der Waals surface area contributed by atoms with Crippen LogP contribution in [0.4, 0.5) is 4.79 Å². The van der Waals surface area contributed by atoms with Crippen LogP contribution in [0.1, 0.15) is 30.1 Å². The van der Waals surface area contributed by atoms with E-state index in [1.54, 1.807) is 4.68 Å². The van der Waals surface area contributed by atoms with Gasteiger partial charge in [-0.15, -0.1) is 5.10 Å². The van der Waals surface area contributed by atoms with Crippen molar-refractivity contribution in [2.24, 2.45) is 0 Å². The van der Waals surface area contributed by atoms with Gasteiger partial charge in [0.25, 0.3) is 0 Å². The van der Waals surface area contributed by atoms with Crippen molar-refractivity contribution in [3.8, 4) is 5.69 Å². The number of urea groups is 1. The van der Waals surface area contributed by atoms with Gasteiger partial charge in [-0.1, -0.05) is 48.5 Å². The molecule has 0 bridgehead atoms. The molecule has 1 N–H and O–H groups in total. The van der Waals surface area contributed by atoms with Gasteiger partial charge in [-0.3, -0.25) is 0 Å². The van der Waals surface area contributed by atoms with Crippen LogP contribution in [0, 0.1) is 0 Å². The molecular formula is C20H22N6O. The first-order valence-corrected chi connectivity index (χ1v) is 9.21. The number of benzene rings is 2. The topological polar surface area (TPSA) is 75.9 Å². The summed E-state index contributed by atoms with van der Waals surface area (Å²) >= 11 is 0. The Hall–Kier alpha value is -3.22. The van der Waals surface area contributed by atoms with Crippen LogP contribution in [0.15, 0.2) is 60.7 Å². The van der Waals surface area contributed by atoms with Crippen LogP contribution in [0.5, 0.6) is 0 Å². The zero-order valence-electron chi connectivity index (χ0n) is 15.0. The summed E-state index contributed by atoms with van der Waals surface area (Å²) in [6.45, 7) is 1.90. The van der Waals surface area contributed by atoms with E-state index >= 15 is 0 Å². The molecule has 1 aromatic heterocycles. The van der Waals surface area contributed by atoms with Crippen molar-refractivity contribution < 1.29 is 4.79 Å². The molecule has 0 radical (unpaired) electrons. The lowest BCUT2D eigenvalue weighted by atomic mass is 9.97. The number of nitrogens with one attached hydrogen (secondary N) is 1. The maximum absolute atomic E-state index is 12.6. The minimum atomic E-state index is -0.0395. The van der Waals surface area contributed by atoms with Crippen LogP contribution < -0.4 is 5.32 Å². The van der Waals surface area contributed by atoms with E-state index in [0.29, 0.717) is 13.1 Å². The first-order chi connectivity index (χ1) is 13.3. The predicted molar refractivity (Wildman–Crippen MR) is 101 cm³/mol. The Bertz CT molecular complexity index is 880. The Morgan fingerprint density at radius 1 is 1.07 bits per heavy atom. The zero-order valence-corrected chi connectivity index (χ0v) is 15.0. The van der Waals surface area contributed by atoms with E-state index in [9.17, 15) is 4.79 Å². The second-order valence-corrected chi connectivity index (χ2v) is 6.71. The molecule has 2 aromatic carbocycles. The number of carbonyl (C=O) groups excluding carboxylic acids is 1. The standard InChI is InChI=1S/C20H22N6O/c27-20(21-14-16-8-3-1-4-9-16)25-13-7-10-17(15-25)19-22-23-24-26(19)18-11-5-2-6-12-18/h1-6,8-9,11-12,17H,7,10,13-15H2,(H,21,27). The molecule has 7 heteroatoms. The lowest BCUT2D eigenvalue weighted by molar-refractivity contribution is 0.177. The Morgan fingerprint density at radius 3 is 2.59 bits per heavy atom. The fourth-order valence-electron chi connectivity index (χ4n) is 3.46. The van der Waals surface area contributed by atoms with Crippen molar-refractivity contribution >= 4 is 6.03 Å². The van der Waals surface area contributed by atoms with Crippen LogP contribution in [-0.2, 0) is 6.54 Å². The van der Waals surface area contributed by atoms with Gasteiger partial charge in [0, 0.05) is 25.6 Å². The third-order valence-electron chi connectivity index (χ3n) is 4.85. The summed E-state index contributed by atoms with van der Waals surface area (Å²) in [4.78, 5) is 14.5. The average molecular weight is 362 g/mol. The van der Waals surface area contributed by atoms with Crippen molar-refractivity contribution in [2.45, 2.75) is 25.3 Å². The number of amides is 2. The van der Waals surface area contributed by atoms with Gasteiger partial charge in [0.15, 0.2) is 5.82 Å². The molecule has 0 saturated carbocycles. The smallest absolute Gasteiger partial charge is 0.317 e. The first kappa shape index (κ1) is 17.2. The summed E-state index contributed by atoms with van der Waals surface area (Å²) in [5.41, 5.74) is 2.02. The van der Waals surface area contributed by atoms with Crippen LogP contribution in [0.2, 0.25) is 0 Å². The number of hydrogen-bond donors (Lipinski definition) is 1. The van der Waals surface area contributed by atoms with Gasteiger partial charge in [0.2, 0.25) is 0 Å². The van der Waals surface area contributed by atoms with E-state index in [1.807, 2.05) is 65.6 Å². The molecule has 1 atom stereocenters. The van der Waals surface area contributed by atoms with Crippen molar-refractivity contribution in [3.63, 3.8) is 0 Å². The fourth-order valence-corrected chi connectivity index (χ4v) is 3.46. The number of tetrazole rings is 1. The van der Waals surface area contributed by atoms with Crippen molar-refractivity contribution in [1.29, 1.82) is 0 Å². The molecule has 1 unspecified atom stereocenters. The lowest BCUT2D eigenvalue weighted by Gasteiger charge is -2.32. The second-order valence-electron chi connectivity index (χ2n) is 6.71. The third-order valence-corrected chi connectivity index (χ3v) is 4.85. The minimum absolute atomic E-state index is 0.0395. The van der Waals surface area contributed by atoms with E-state index in [2.05, 4.69) is 20.8 Å². The highest BCUT2D eigenvalue weighted by atomic mass is 16.2. The van der Waals surface area contributed by atoms with Crippen LogP contribution >= 0.6 is 0 Å². The molecule has 3 aromatic rings. The minimum Gasteiger partial charge on any atom is -0.334 e. The summed E-state index contributed by atoms with van der Waals surface area (Å²) in [5.74, 6) is 0.929. The summed E-state index contributed by atoms with van der Waals surface area (Å²) in [7, 11) is 0. The quantitative estimate of drug-likeness (QED) is 0.774. The largest absolute Gasteiger partial charge is 0.334 e. The molecule has 2 heterocycles. The van der Waals surface area contributed by atoms with E-state index < -0.39 is 0 Å². The highest BCUT2D eigenvalue weighted by Gasteiger charge is 2.28. The number of carbonyl (C=O) groups is 1. The Balaban J connectivity index is 1.43. The van der Waals surface area contributed by atoms with Crippen molar-refractivity contribution in [1.82, 2.24) is 30.4 Å². The number of hydrogen-bond acceptors (Lipinski definition) is 4. The molecule has 7 nitrogen and oxygen atoms in total. The maximum Gasteiger partial charge on any atom is 0.317 e. The Morgan fingerprint density at radius 2 is 1.81 bits per heavy atom. The Kier molecular flexibility index (Phi) is 5.09. The molecule has 2 amide bonds. The highest BCUT2D eigenvalue weighted by Crippen LogP contribution is 2.26. The van der Waals surface area contributed by atoms with Gasteiger partial charge in [0.1, 0.15) is 0 Å². The molecule has 27 heavy (non-hydrogen) atoms. The summed E-state index contributed by atoms with van der Waals surface area (Å²) in [6, 6.07) is 19.7. The number of rotatable bonds is 4. The number of likely N-dealkylation sites (tertiary alicyclic amines) is 1. The number of aromatic nitrogens is 4. The van der Waals surface area contributed by atoms with Gasteiger partial charge in [-0.2, -0.15) is 4.68 Å². The van der Waals surface area contributed by atoms with E-state index in [-0.39, 0.29) is 11.9 Å². The van der Waals surface area contributed by atoms with E-state index in [1.165, 1.54) is 0 Å². The molecule has 0 spiro atoms. The van der Waals surface area contributed by atoms with Crippen LogP contribution in [-0.4, -0.2) is 44.2 Å². The molecular weight excluding hydrogens is 340 g/mol. The number of para-hydroxylation sites is 1. The maximum atomic E-state index is 12.6. The fraction of sp³-hybridized carbons (Fsp3) is 0.300. The monoisotopic (exact) mass is 362 g/mol. The van der Waals surface area contributed by atoms with Crippen molar-refractivity contribution in [2.75, 3.05) is 13.1 Å². The van der Waals surface area contributed by atoms with Gasteiger partial charge in [0.05, 0.1) is 5.69 Å². The van der Waals surface area contributed by atoms with Gasteiger partial charge in [-0.25, -0.2) is 4.79 Å². The van der Waals surface area contributed by atoms with Crippen LogP contribution in [0.25, 0.3) is 5.69 Å². The first-order valence-electron chi connectivity index (χ1n) is 9.21. The molecule has 138 valence electrons. The van der Waals surface area contributed by atoms with Gasteiger partial charge < -0.3 is 10.2 Å². The lowest BCUT2D eigenvalue weighted by Crippen LogP contribution is -2.45. The average Bonchev–Trinajstić information content (AvgIpc) is 3.23. The Labute approximate surface area is 158 Å². The van der Waals surface area contributed by atoms with Crippen molar-refractivity contribution in [3.05, 3.63) is 72.1 Å². The summed E-state index contributed by atoms with van der Waals surface area (Å²) < 4.78 is 1.77. The predicted octanol–water partition coefficient (Wildman–Crippen LogP) is 2.75. The van der Waals surface area contributed by atoms with E-state index in [4.69, 9.17) is 0 Å².